The van der Waals surface area contributed by atoms with E-state index in [1.165, 1.54) is 11.2 Å². The summed E-state index contributed by atoms with van der Waals surface area (Å²) in [5.41, 5.74) is 0.789. The van der Waals surface area contributed by atoms with Crippen molar-refractivity contribution in [3.8, 4) is 17.2 Å². The number of phenols is 1. The third-order valence-corrected chi connectivity index (χ3v) is 5.13. The number of phenolic OH excluding ortho intramolecular Hbond substituents is 1. The number of fused-ring (bicyclic) bond motifs is 1. The number of rotatable bonds is 6. The quantitative estimate of drug-likeness (QED) is 0.642. The molecule has 0 bridgehead atoms. The molecule has 0 amide bonds. The maximum atomic E-state index is 12.8. The Balaban J connectivity index is 2.06. The largest absolute Gasteiger partial charge is 0.507 e. The van der Waals surface area contributed by atoms with Crippen molar-refractivity contribution in [1.29, 1.82) is 0 Å². The van der Waals surface area contributed by atoms with Crippen LogP contribution in [0.5, 0.6) is 17.2 Å². The fourth-order valence-corrected chi connectivity index (χ4v) is 3.23. The van der Waals surface area contributed by atoms with Crippen molar-refractivity contribution >= 4 is 26.9 Å². The molecule has 2 aromatic carbocycles. The van der Waals surface area contributed by atoms with E-state index in [2.05, 4.69) is 29.8 Å². The van der Waals surface area contributed by atoms with Crippen molar-refractivity contribution in [1.82, 2.24) is 0 Å². The lowest BCUT2D eigenvalue weighted by molar-refractivity contribution is -0.910. The number of nitrogens with one attached hydrogen (secondary N) is 1. The van der Waals surface area contributed by atoms with Gasteiger partial charge in [0.15, 0.2) is 5.58 Å². The maximum absolute atomic E-state index is 12.8. The van der Waals surface area contributed by atoms with E-state index in [-0.39, 0.29) is 16.9 Å². The van der Waals surface area contributed by atoms with Crippen LogP contribution < -0.4 is 15.1 Å². The Morgan fingerprint density at radius 2 is 1.85 bits per heavy atom. The van der Waals surface area contributed by atoms with Crippen LogP contribution in [0.1, 0.15) is 19.4 Å². The Hall–Kier alpha value is -2.31. The first-order chi connectivity index (χ1) is 12.5. The van der Waals surface area contributed by atoms with E-state index in [1.807, 2.05) is 18.2 Å². The lowest BCUT2D eigenvalue weighted by atomic mass is 10.1. The molecule has 0 unspecified atom stereocenters. The predicted octanol–water partition coefficient (Wildman–Crippen LogP) is 3.48. The Morgan fingerprint density at radius 3 is 2.54 bits per heavy atom. The zero-order chi connectivity index (χ0) is 18.7. The monoisotopic (exact) mass is 418 g/mol. The molecule has 1 aromatic heterocycles. The summed E-state index contributed by atoms with van der Waals surface area (Å²) in [5.74, 6) is 0.779. The highest BCUT2D eigenvalue weighted by molar-refractivity contribution is 9.10. The molecule has 26 heavy (non-hydrogen) atoms. The Bertz CT molecular complexity index is 979. The van der Waals surface area contributed by atoms with Crippen molar-refractivity contribution in [2.45, 2.75) is 20.4 Å². The van der Waals surface area contributed by atoms with Gasteiger partial charge in [0.2, 0.25) is 11.2 Å². The summed E-state index contributed by atoms with van der Waals surface area (Å²) in [6, 6.07) is 10.4. The first-order valence-electron chi connectivity index (χ1n) is 8.57. The SMILES string of the molecule is CC[NH+](CC)Cc1c(O)ccc2c(=O)c(Oc3ccccc3Br)coc12. The fourth-order valence-electron chi connectivity index (χ4n) is 2.87. The zero-order valence-electron chi connectivity index (χ0n) is 14.7. The van der Waals surface area contributed by atoms with Crippen LogP contribution in [0.4, 0.5) is 0 Å². The minimum atomic E-state index is -0.266. The highest BCUT2D eigenvalue weighted by atomic mass is 79.9. The van der Waals surface area contributed by atoms with Gasteiger partial charge in [-0.2, -0.15) is 0 Å². The molecule has 6 heteroatoms. The molecule has 2 N–H and O–H groups in total. The number of hydrogen-bond donors (Lipinski definition) is 2. The minimum Gasteiger partial charge on any atom is -0.507 e. The van der Waals surface area contributed by atoms with Gasteiger partial charge in [-0.25, -0.2) is 0 Å². The van der Waals surface area contributed by atoms with Crippen LogP contribution in [0.3, 0.4) is 0 Å². The van der Waals surface area contributed by atoms with E-state index in [9.17, 15) is 9.90 Å². The molecule has 0 aliphatic heterocycles. The van der Waals surface area contributed by atoms with Gasteiger partial charge in [-0.15, -0.1) is 0 Å². The topological polar surface area (TPSA) is 64.1 Å². The highest BCUT2D eigenvalue weighted by Gasteiger charge is 2.18. The number of aromatic hydroxyl groups is 1. The predicted molar refractivity (Wildman–Crippen MR) is 104 cm³/mol. The fraction of sp³-hybridized carbons (Fsp3) is 0.250. The molecule has 3 rings (SSSR count). The van der Waals surface area contributed by atoms with Crippen LogP contribution in [0.15, 0.2) is 56.3 Å². The average Bonchev–Trinajstić information content (AvgIpc) is 2.65. The van der Waals surface area contributed by atoms with Crippen LogP contribution in [0, 0.1) is 0 Å². The maximum Gasteiger partial charge on any atom is 0.235 e. The molecule has 3 aromatic rings. The zero-order valence-corrected chi connectivity index (χ0v) is 16.3. The van der Waals surface area contributed by atoms with Crippen molar-refractivity contribution in [3.63, 3.8) is 0 Å². The lowest BCUT2D eigenvalue weighted by Crippen LogP contribution is -3.10. The van der Waals surface area contributed by atoms with Crippen LogP contribution in [0.25, 0.3) is 11.0 Å². The first-order valence-corrected chi connectivity index (χ1v) is 9.36. The van der Waals surface area contributed by atoms with E-state index in [0.29, 0.717) is 28.8 Å². The van der Waals surface area contributed by atoms with E-state index < -0.39 is 0 Å². The number of hydrogen-bond acceptors (Lipinski definition) is 4. The summed E-state index contributed by atoms with van der Waals surface area (Å²) in [7, 11) is 0. The molecule has 136 valence electrons. The van der Waals surface area contributed by atoms with Crippen molar-refractivity contribution in [2.75, 3.05) is 13.1 Å². The molecule has 5 nitrogen and oxygen atoms in total. The minimum absolute atomic E-state index is 0.108. The van der Waals surface area contributed by atoms with Gasteiger partial charge in [0.25, 0.3) is 0 Å². The normalized spacial score (nSPS) is 11.2. The molecule has 1 heterocycles. The molecular weight excluding hydrogens is 398 g/mol. The molecule has 0 atom stereocenters. The van der Waals surface area contributed by atoms with Gasteiger partial charge in [-0.05, 0) is 54.0 Å². The van der Waals surface area contributed by atoms with Crippen molar-refractivity contribution in [2.24, 2.45) is 0 Å². The number of ether oxygens (including phenoxy) is 1. The second-order valence-electron chi connectivity index (χ2n) is 6.04. The third kappa shape index (κ3) is 3.61. The van der Waals surface area contributed by atoms with Crippen molar-refractivity contribution in [3.05, 3.63) is 62.9 Å². The number of quaternary nitrogens is 1. The first kappa shape index (κ1) is 18.5. The van der Waals surface area contributed by atoms with Gasteiger partial charge in [0.1, 0.15) is 24.3 Å². The van der Waals surface area contributed by atoms with E-state index in [1.54, 1.807) is 18.2 Å². The number of halogens is 1. The summed E-state index contributed by atoms with van der Waals surface area (Å²) in [6.45, 7) is 6.59. The summed E-state index contributed by atoms with van der Waals surface area (Å²) in [6.07, 6.45) is 1.31. The van der Waals surface area contributed by atoms with Gasteiger partial charge in [-0.3, -0.25) is 4.79 Å². The molecule has 0 radical (unpaired) electrons. The summed E-state index contributed by atoms with van der Waals surface area (Å²) in [5, 5.41) is 10.7. The molecule has 0 saturated heterocycles. The van der Waals surface area contributed by atoms with Gasteiger partial charge < -0.3 is 19.2 Å². The van der Waals surface area contributed by atoms with Gasteiger partial charge in [0, 0.05) is 0 Å². The van der Waals surface area contributed by atoms with Crippen LogP contribution in [0.2, 0.25) is 0 Å². The molecule has 0 fully saturated rings. The third-order valence-electron chi connectivity index (χ3n) is 4.47. The van der Waals surface area contributed by atoms with E-state index in [4.69, 9.17) is 9.15 Å². The standard InChI is InChI=1S/C20H20BrNO4/c1-3-22(4-2)11-14-16(23)10-9-13-19(24)18(12-25-20(13)14)26-17-8-6-5-7-15(17)21/h5-10,12,23H,3-4,11H2,1-2H3/p+1. The molecule has 0 aliphatic carbocycles. The molecule has 0 aliphatic rings. The highest BCUT2D eigenvalue weighted by Crippen LogP contribution is 2.30. The second-order valence-corrected chi connectivity index (χ2v) is 6.89. The average molecular weight is 419 g/mol. The lowest BCUT2D eigenvalue weighted by Gasteiger charge is -2.17. The van der Waals surface area contributed by atoms with E-state index >= 15 is 0 Å². The van der Waals surface area contributed by atoms with Gasteiger partial charge in [0.05, 0.1) is 28.5 Å². The number of benzene rings is 2. The van der Waals surface area contributed by atoms with Crippen molar-refractivity contribution < 1.29 is 19.2 Å². The molecular formula is C20H21BrNO4+. The Labute approximate surface area is 159 Å². The molecule has 0 spiro atoms. The molecule has 0 saturated carbocycles. The van der Waals surface area contributed by atoms with Crippen LogP contribution in [-0.2, 0) is 6.54 Å². The van der Waals surface area contributed by atoms with Gasteiger partial charge in [-0.1, -0.05) is 12.1 Å². The van der Waals surface area contributed by atoms with Crippen LogP contribution in [-0.4, -0.2) is 18.2 Å². The second kappa shape index (κ2) is 7.93. The van der Waals surface area contributed by atoms with E-state index in [0.717, 1.165) is 17.6 Å². The Kier molecular flexibility index (Phi) is 5.64. The summed E-state index contributed by atoms with van der Waals surface area (Å²) >= 11 is 3.40. The van der Waals surface area contributed by atoms with Crippen LogP contribution >= 0.6 is 15.9 Å². The summed E-state index contributed by atoms with van der Waals surface area (Å²) < 4.78 is 12.2. The number of para-hydroxylation sites is 1. The van der Waals surface area contributed by atoms with Gasteiger partial charge >= 0.3 is 0 Å². The smallest absolute Gasteiger partial charge is 0.235 e. The summed E-state index contributed by atoms with van der Waals surface area (Å²) in [4.78, 5) is 14.1. The Morgan fingerprint density at radius 1 is 1.12 bits per heavy atom.